The molecule has 0 radical (unpaired) electrons. The Balaban J connectivity index is 1.30. The first-order chi connectivity index (χ1) is 17.7. The average molecular weight is 488 g/mol. The second kappa shape index (κ2) is 11.1. The Hall–Kier alpha value is -4.05. The zero-order chi connectivity index (χ0) is 24.7. The van der Waals surface area contributed by atoms with Crippen LogP contribution in [-0.4, -0.2) is 18.2 Å². The number of hydrogen-bond donors (Lipinski definition) is 1. The van der Waals surface area contributed by atoms with E-state index in [2.05, 4.69) is 113 Å². The Morgan fingerprint density at radius 2 is 1.39 bits per heavy atom. The smallest absolute Gasteiger partial charge is 0.178 e. The van der Waals surface area contributed by atoms with E-state index in [1.165, 1.54) is 21.9 Å². The third kappa shape index (κ3) is 5.44. The van der Waals surface area contributed by atoms with Gasteiger partial charge in [-0.3, -0.25) is 5.32 Å². The van der Waals surface area contributed by atoms with Crippen LogP contribution in [0.4, 0.5) is 0 Å². The Morgan fingerprint density at radius 3 is 2.19 bits per heavy atom. The van der Waals surface area contributed by atoms with E-state index in [0.29, 0.717) is 12.4 Å². The van der Waals surface area contributed by atoms with Crippen molar-refractivity contribution in [3.8, 4) is 22.3 Å². The molecule has 0 bridgehead atoms. The predicted octanol–water partition coefficient (Wildman–Crippen LogP) is 7.93. The molecule has 0 aliphatic heterocycles. The fourth-order valence-electron chi connectivity index (χ4n) is 4.31. The summed E-state index contributed by atoms with van der Waals surface area (Å²) in [5.41, 5.74) is 6.00. The molecule has 5 aromatic rings. The van der Waals surface area contributed by atoms with Crippen molar-refractivity contribution in [1.29, 1.82) is 0 Å². The highest BCUT2D eigenvalue weighted by Gasteiger charge is 2.10. The lowest BCUT2D eigenvalue weighted by Crippen LogP contribution is -2.22. The first-order valence-corrected chi connectivity index (χ1v) is 12.3. The number of benzene rings is 5. The summed E-state index contributed by atoms with van der Waals surface area (Å²) in [5, 5.41) is 5.67. The van der Waals surface area contributed by atoms with Crippen molar-refractivity contribution >= 4 is 34.9 Å². The molecular weight excluding hydrogens is 462 g/mol. The van der Waals surface area contributed by atoms with Crippen LogP contribution in [0.3, 0.4) is 0 Å². The Kier molecular flexibility index (Phi) is 7.32. The molecule has 0 saturated heterocycles. The number of alkyl halides is 1. The fourth-order valence-corrected chi connectivity index (χ4v) is 4.48. The molecule has 3 nitrogen and oxygen atoms in total. The number of nitrogens with one attached hydrogen (secondary N) is 1. The number of hydrogen-bond acceptors (Lipinski definition) is 2. The Morgan fingerprint density at radius 1 is 0.722 bits per heavy atom. The minimum atomic E-state index is -0.638. The van der Waals surface area contributed by atoms with E-state index in [-0.39, 0.29) is 0 Å². The first kappa shape index (κ1) is 23.7. The molecule has 0 aromatic heterocycles. The van der Waals surface area contributed by atoms with E-state index in [1.54, 1.807) is 0 Å². The van der Waals surface area contributed by atoms with E-state index in [4.69, 9.17) is 11.6 Å². The van der Waals surface area contributed by atoms with Crippen LogP contribution < -0.4 is 5.32 Å². The van der Waals surface area contributed by atoms with Crippen molar-refractivity contribution in [3.05, 3.63) is 132 Å². The summed E-state index contributed by atoms with van der Waals surface area (Å²) in [5.74, 6) is 0.504. The van der Waals surface area contributed by atoms with Crippen LogP contribution in [0.5, 0.6) is 0 Å². The van der Waals surface area contributed by atoms with Gasteiger partial charge in [-0.2, -0.15) is 0 Å². The van der Waals surface area contributed by atoms with Crippen molar-refractivity contribution in [1.82, 2.24) is 5.32 Å². The van der Waals surface area contributed by atoms with Crippen molar-refractivity contribution in [2.75, 3.05) is 0 Å². The van der Waals surface area contributed by atoms with Crippen LogP contribution in [-0.2, 0) is 6.54 Å². The predicted molar refractivity (Wildman–Crippen MR) is 154 cm³/mol. The van der Waals surface area contributed by atoms with Gasteiger partial charge in [0, 0.05) is 12.1 Å². The lowest BCUT2D eigenvalue weighted by Gasteiger charge is -2.11. The zero-order valence-electron chi connectivity index (χ0n) is 19.8. The topological polar surface area (TPSA) is 36.8 Å². The van der Waals surface area contributed by atoms with Gasteiger partial charge in [-0.1, -0.05) is 127 Å². The fraction of sp³-hybridized carbons (Fsp3) is 0.0625. The summed E-state index contributed by atoms with van der Waals surface area (Å²) >= 11 is 6.53. The number of halogens is 1. The molecule has 0 fully saturated rings. The minimum Gasteiger partial charge on any atom is -0.279 e. The third-order valence-corrected chi connectivity index (χ3v) is 6.39. The van der Waals surface area contributed by atoms with Crippen LogP contribution >= 0.6 is 11.6 Å². The van der Waals surface area contributed by atoms with Gasteiger partial charge >= 0.3 is 0 Å². The first-order valence-electron chi connectivity index (χ1n) is 11.9. The summed E-state index contributed by atoms with van der Waals surface area (Å²) in [7, 11) is 0. The van der Waals surface area contributed by atoms with Gasteiger partial charge in [0.05, 0.1) is 0 Å². The minimum absolute atomic E-state index is 0.504. The second-order valence-corrected chi connectivity index (χ2v) is 8.91. The van der Waals surface area contributed by atoms with Gasteiger partial charge in [-0.25, -0.2) is 9.98 Å². The molecule has 0 saturated carbocycles. The molecule has 1 N–H and O–H groups in total. The maximum atomic E-state index is 6.53. The monoisotopic (exact) mass is 487 g/mol. The maximum Gasteiger partial charge on any atom is 0.178 e. The molecule has 5 rings (SSSR count). The molecular formula is C32H26ClN3. The van der Waals surface area contributed by atoms with Crippen LogP contribution in [0.15, 0.2) is 131 Å². The normalized spacial score (nSPS) is 12.4. The largest absolute Gasteiger partial charge is 0.279 e. The van der Waals surface area contributed by atoms with Crippen LogP contribution in [0, 0.1) is 0 Å². The summed E-state index contributed by atoms with van der Waals surface area (Å²) in [6, 6.07) is 41.7. The van der Waals surface area contributed by atoms with Crippen molar-refractivity contribution in [3.63, 3.8) is 0 Å². The van der Waals surface area contributed by atoms with Gasteiger partial charge in [0.15, 0.2) is 11.5 Å². The van der Waals surface area contributed by atoms with Crippen molar-refractivity contribution in [2.24, 2.45) is 9.98 Å². The SMILES string of the molecule is C=N/C(=N\C(Cl)NCc1ccc(-c2ccccc2)cc1)c1cccc(-c2cccc3ccccc23)c1. The lowest BCUT2D eigenvalue weighted by molar-refractivity contribution is 0.661. The molecule has 0 amide bonds. The van der Waals surface area contributed by atoms with Crippen LogP contribution in [0.1, 0.15) is 11.1 Å². The van der Waals surface area contributed by atoms with Crippen LogP contribution in [0.25, 0.3) is 33.0 Å². The van der Waals surface area contributed by atoms with Gasteiger partial charge < -0.3 is 0 Å². The van der Waals surface area contributed by atoms with Gasteiger partial charge in [-0.15, -0.1) is 0 Å². The van der Waals surface area contributed by atoms with Gasteiger partial charge in [0.2, 0.25) is 0 Å². The molecule has 176 valence electrons. The van der Waals surface area contributed by atoms with E-state index in [1.807, 2.05) is 30.3 Å². The summed E-state index contributed by atoms with van der Waals surface area (Å²) in [6.07, 6.45) is 0. The quantitative estimate of drug-likeness (QED) is 0.107. The highest BCUT2D eigenvalue weighted by Crippen LogP contribution is 2.29. The van der Waals surface area contributed by atoms with Crippen molar-refractivity contribution < 1.29 is 0 Å². The van der Waals surface area contributed by atoms with E-state index in [0.717, 1.165) is 22.3 Å². The molecule has 5 aromatic carbocycles. The Bertz CT molecular complexity index is 1500. The maximum absolute atomic E-state index is 6.53. The molecule has 1 unspecified atom stereocenters. The number of rotatable bonds is 7. The number of fused-ring (bicyclic) bond motifs is 1. The summed E-state index contributed by atoms with van der Waals surface area (Å²) in [4.78, 5) is 8.76. The lowest BCUT2D eigenvalue weighted by atomic mass is 9.97. The van der Waals surface area contributed by atoms with Crippen molar-refractivity contribution in [2.45, 2.75) is 12.2 Å². The summed E-state index contributed by atoms with van der Waals surface area (Å²) in [6.45, 7) is 4.32. The molecule has 0 heterocycles. The zero-order valence-corrected chi connectivity index (χ0v) is 20.6. The average Bonchev–Trinajstić information content (AvgIpc) is 2.95. The highest BCUT2D eigenvalue weighted by atomic mass is 35.5. The van der Waals surface area contributed by atoms with Gasteiger partial charge in [0.1, 0.15) is 0 Å². The standard InChI is InChI=1S/C32H26ClN3/c1-34-31(28-14-7-13-27(21-28)30-16-8-12-26-11-5-6-15-29(26)30)36-32(33)35-22-23-17-19-25(20-18-23)24-9-3-2-4-10-24/h2-21,32,35H,1,22H2/b36-31-. The molecule has 0 spiro atoms. The van der Waals surface area contributed by atoms with E-state index in [9.17, 15) is 0 Å². The van der Waals surface area contributed by atoms with Crippen LogP contribution in [0.2, 0.25) is 0 Å². The number of nitrogens with zero attached hydrogens (tertiary/aromatic N) is 2. The van der Waals surface area contributed by atoms with Gasteiger partial charge in [0.25, 0.3) is 0 Å². The molecule has 4 heteroatoms. The molecule has 0 aliphatic carbocycles. The van der Waals surface area contributed by atoms with Gasteiger partial charge in [-0.05, 0) is 51.4 Å². The molecule has 0 aliphatic rings. The molecule has 1 atom stereocenters. The number of amidine groups is 1. The van der Waals surface area contributed by atoms with E-state index < -0.39 is 5.62 Å². The van der Waals surface area contributed by atoms with E-state index >= 15 is 0 Å². The highest BCUT2D eigenvalue weighted by molar-refractivity contribution is 6.21. The number of aliphatic imine (C=N–C) groups is 2. The second-order valence-electron chi connectivity index (χ2n) is 8.50. The molecule has 36 heavy (non-hydrogen) atoms. The third-order valence-electron chi connectivity index (χ3n) is 6.14. The summed E-state index contributed by atoms with van der Waals surface area (Å²) < 4.78 is 0. The Labute approximate surface area is 216 Å².